The molecule has 0 unspecified atom stereocenters. The van der Waals surface area contributed by atoms with E-state index in [9.17, 15) is 43.2 Å². The summed E-state index contributed by atoms with van der Waals surface area (Å²) in [5.41, 5.74) is 13.5. The standard InChI is InChI=1S/C59H92N12O10/c1-35(2)28-44-51(72)62-31-41-33-70(32-40-20-13-10-14-21-40)34-48(81-41)56(77)69-50(38(7)8)58(79)64-43(23-16-26-61)53(74)66-45(29-36(3)4)54(75)67-46(30-39-18-11-9-12-19-39)59(80)71-27-17-24-47(71)55(76)68-49(37(5)6)57(78)63-42(22-15-25-60)52(73)65-44/h9-14,18-21,35-38,41-50H,15-17,22-34,60-61H2,1-8H3,(H,62,72)(H,63,78)(H,64,79)(H,65,73)(H,66,74)(H,67,75)(H,68,76)(H,69,77)/t41-,42+,43+,44+,45+,46-,47+,48-,49+,50+/m1/s1. The molecule has 0 aromatic heterocycles. The molecule has 3 fully saturated rings. The first-order chi connectivity index (χ1) is 38.6. The van der Waals surface area contributed by atoms with Crippen LogP contribution >= 0.6 is 0 Å². The van der Waals surface area contributed by atoms with Crippen LogP contribution in [-0.2, 0) is 60.9 Å². The molecule has 0 radical (unpaired) electrons. The fourth-order valence-corrected chi connectivity index (χ4v) is 10.5. The smallest absolute Gasteiger partial charge is 0.251 e. The van der Waals surface area contributed by atoms with Crippen LogP contribution in [0.2, 0.25) is 0 Å². The molecule has 3 heterocycles. The molecule has 2 bridgehead atoms. The van der Waals surface area contributed by atoms with Crippen LogP contribution in [0.5, 0.6) is 0 Å². The molecule has 3 aliphatic heterocycles. The Hall–Kier alpha value is -6.49. The highest BCUT2D eigenvalue weighted by atomic mass is 16.5. The monoisotopic (exact) mass is 1130 g/mol. The van der Waals surface area contributed by atoms with Crippen LogP contribution in [-0.4, -0.2) is 163 Å². The van der Waals surface area contributed by atoms with Crippen molar-refractivity contribution in [3.05, 3.63) is 71.8 Å². The van der Waals surface area contributed by atoms with E-state index >= 15 is 0 Å². The van der Waals surface area contributed by atoms with Gasteiger partial charge in [0.05, 0.1) is 6.10 Å². The summed E-state index contributed by atoms with van der Waals surface area (Å²) in [6.45, 7) is 16.0. The third-order valence-corrected chi connectivity index (χ3v) is 14.9. The highest BCUT2D eigenvalue weighted by Crippen LogP contribution is 2.22. The first kappa shape index (κ1) is 65.3. The number of ether oxygens (including phenoxy) is 1. The van der Waals surface area contributed by atoms with E-state index in [1.807, 2.05) is 81.1 Å². The third-order valence-electron chi connectivity index (χ3n) is 14.9. The van der Waals surface area contributed by atoms with E-state index in [4.69, 9.17) is 16.2 Å². The number of amides is 9. The molecule has 10 atom stereocenters. The molecule has 0 saturated carbocycles. The van der Waals surface area contributed by atoms with E-state index in [1.165, 1.54) is 4.90 Å². The maximum atomic E-state index is 14.9. The molecule has 22 heteroatoms. The molecule has 3 aliphatic rings. The van der Waals surface area contributed by atoms with Gasteiger partial charge in [0.15, 0.2) is 0 Å². The lowest BCUT2D eigenvalue weighted by Crippen LogP contribution is -2.62. The van der Waals surface area contributed by atoms with Crippen LogP contribution in [0.4, 0.5) is 0 Å². The first-order valence-corrected chi connectivity index (χ1v) is 29.1. The number of nitrogens with zero attached hydrogens (tertiary/aromatic N) is 2. The van der Waals surface area contributed by atoms with Crippen molar-refractivity contribution in [3.63, 3.8) is 0 Å². The van der Waals surface area contributed by atoms with Gasteiger partial charge in [-0.3, -0.25) is 48.1 Å². The van der Waals surface area contributed by atoms with Gasteiger partial charge in [0.25, 0.3) is 5.91 Å². The molecule has 81 heavy (non-hydrogen) atoms. The summed E-state index contributed by atoms with van der Waals surface area (Å²) in [5.74, 6) is -6.67. The van der Waals surface area contributed by atoms with Gasteiger partial charge in [0.1, 0.15) is 54.4 Å². The van der Waals surface area contributed by atoms with Crippen molar-refractivity contribution in [1.29, 1.82) is 0 Å². The van der Waals surface area contributed by atoms with Crippen LogP contribution in [0.25, 0.3) is 0 Å². The second-order valence-corrected chi connectivity index (χ2v) is 23.4. The Kier molecular flexibility index (Phi) is 26.0. The zero-order valence-electron chi connectivity index (χ0n) is 48.8. The normalized spacial score (nSPS) is 26.9. The van der Waals surface area contributed by atoms with Crippen LogP contribution < -0.4 is 54.0 Å². The van der Waals surface area contributed by atoms with Gasteiger partial charge in [0.2, 0.25) is 47.3 Å². The van der Waals surface area contributed by atoms with Crippen molar-refractivity contribution in [2.24, 2.45) is 35.1 Å². The molecular formula is C59H92N12O10. The number of nitrogens with two attached hydrogens (primary N) is 2. The van der Waals surface area contributed by atoms with Gasteiger partial charge in [0, 0.05) is 39.1 Å². The van der Waals surface area contributed by atoms with Crippen LogP contribution in [0.3, 0.4) is 0 Å². The number of benzene rings is 2. The Balaban J connectivity index is 1.55. The maximum Gasteiger partial charge on any atom is 0.251 e. The van der Waals surface area contributed by atoms with E-state index in [0.717, 1.165) is 11.1 Å². The summed E-state index contributed by atoms with van der Waals surface area (Å²) in [6.07, 6.45) is 0.173. The Bertz CT molecular complexity index is 2410. The van der Waals surface area contributed by atoms with Crippen LogP contribution in [0, 0.1) is 23.7 Å². The topological polar surface area (TPSA) is 318 Å². The highest BCUT2D eigenvalue weighted by molar-refractivity contribution is 5.98. The van der Waals surface area contributed by atoms with Crippen molar-refractivity contribution >= 4 is 53.2 Å². The highest BCUT2D eigenvalue weighted by Gasteiger charge is 2.42. The predicted octanol–water partition coefficient (Wildman–Crippen LogP) is 0.895. The minimum absolute atomic E-state index is 0.0384. The Morgan fingerprint density at radius 1 is 0.531 bits per heavy atom. The maximum absolute atomic E-state index is 14.9. The zero-order chi connectivity index (χ0) is 59.3. The Morgan fingerprint density at radius 2 is 1.00 bits per heavy atom. The Morgan fingerprint density at radius 3 is 1.51 bits per heavy atom. The summed E-state index contributed by atoms with van der Waals surface area (Å²) >= 11 is 0. The SMILES string of the molecule is CC(C)C[C@@H]1NC(=O)[C@H](CCCN)NC(=O)[C@H](C(C)C)NC(=O)[C@@H]2CCCN2C(=O)[C@@H](Cc2ccccc2)NC(=O)[C@H](CC(C)C)NC(=O)[C@H](CCCN)NC(=O)[C@H](C(C)C)NC(=O)[C@H]2CN(Cc3ccccc3)C[C@@H](CNC1=O)O2. The Labute approximate surface area is 478 Å². The van der Waals surface area contributed by atoms with Crippen molar-refractivity contribution in [2.75, 3.05) is 39.3 Å². The summed E-state index contributed by atoms with van der Waals surface area (Å²) < 4.78 is 6.42. The molecule has 9 amide bonds. The van der Waals surface area contributed by atoms with Crippen molar-refractivity contribution < 1.29 is 47.9 Å². The van der Waals surface area contributed by atoms with E-state index < -0.39 is 126 Å². The first-order valence-electron chi connectivity index (χ1n) is 29.1. The number of hydrogen-bond acceptors (Lipinski definition) is 13. The molecular weight excluding hydrogens is 1040 g/mol. The van der Waals surface area contributed by atoms with Crippen LogP contribution in [0.1, 0.15) is 118 Å². The lowest BCUT2D eigenvalue weighted by molar-refractivity contribution is -0.150. The number of fused-ring (bicyclic) bond motifs is 3. The van der Waals surface area contributed by atoms with Gasteiger partial charge in [-0.15, -0.1) is 0 Å². The number of hydrogen-bond donors (Lipinski definition) is 10. The lowest BCUT2D eigenvalue weighted by atomic mass is 9.99. The van der Waals surface area contributed by atoms with Gasteiger partial charge < -0.3 is 63.6 Å². The molecule has 2 aromatic rings. The summed E-state index contributed by atoms with van der Waals surface area (Å²) in [5, 5.41) is 23.0. The van der Waals surface area contributed by atoms with Gasteiger partial charge in [-0.05, 0) is 99.3 Å². The second-order valence-electron chi connectivity index (χ2n) is 23.4. The zero-order valence-corrected chi connectivity index (χ0v) is 48.8. The van der Waals surface area contributed by atoms with Gasteiger partial charge >= 0.3 is 0 Å². The van der Waals surface area contributed by atoms with E-state index in [1.54, 1.807) is 39.8 Å². The minimum atomic E-state index is -1.20. The molecule has 22 nitrogen and oxygen atoms in total. The average molecular weight is 1130 g/mol. The average Bonchev–Trinajstić information content (AvgIpc) is 4.00. The van der Waals surface area contributed by atoms with E-state index in [-0.39, 0.29) is 83.1 Å². The van der Waals surface area contributed by atoms with Crippen molar-refractivity contribution in [3.8, 4) is 0 Å². The largest absolute Gasteiger partial charge is 0.361 e. The van der Waals surface area contributed by atoms with Crippen molar-refractivity contribution in [1.82, 2.24) is 52.3 Å². The molecule has 448 valence electrons. The van der Waals surface area contributed by atoms with Crippen LogP contribution in [0.15, 0.2) is 60.7 Å². The fourth-order valence-electron chi connectivity index (χ4n) is 10.5. The molecule has 0 aliphatic carbocycles. The quantitative estimate of drug-likeness (QED) is 0.112. The summed E-state index contributed by atoms with van der Waals surface area (Å²) in [7, 11) is 0. The molecule has 2 aromatic carbocycles. The second kappa shape index (κ2) is 32.2. The summed E-state index contributed by atoms with van der Waals surface area (Å²) in [6, 6.07) is 9.58. The number of carbonyl (C=O) groups is 9. The molecule has 12 N–H and O–H groups in total. The fraction of sp³-hybridized carbons (Fsp3) is 0.644. The van der Waals surface area contributed by atoms with Gasteiger partial charge in [-0.25, -0.2) is 0 Å². The van der Waals surface area contributed by atoms with Crippen molar-refractivity contribution in [2.45, 2.75) is 180 Å². The lowest BCUT2D eigenvalue weighted by Gasteiger charge is -2.38. The number of carbonyl (C=O) groups excluding carboxylic acids is 9. The van der Waals surface area contributed by atoms with E-state index in [2.05, 4.69) is 42.5 Å². The minimum Gasteiger partial charge on any atom is -0.361 e. The summed E-state index contributed by atoms with van der Waals surface area (Å²) in [4.78, 5) is 134. The predicted molar refractivity (Wildman–Crippen MR) is 307 cm³/mol. The molecule has 3 saturated heterocycles. The number of nitrogens with one attached hydrogen (secondary N) is 8. The third kappa shape index (κ3) is 20.2. The van der Waals surface area contributed by atoms with E-state index in [0.29, 0.717) is 32.4 Å². The molecule has 5 rings (SSSR count). The molecule has 0 spiro atoms. The van der Waals surface area contributed by atoms with Gasteiger partial charge in [-0.2, -0.15) is 0 Å². The number of morpholine rings is 1. The number of rotatable bonds is 16. The van der Waals surface area contributed by atoms with Gasteiger partial charge in [-0.1, -0.05) is 116 Å².